The highest BCUT2D eigenvalue weighted by atomic mass is 16.5. The number of nitrogens with zero attached hydrogens (tertiary/aromatic N) is 1. The van der Waals surface area contributed by atoms with E-state index < -0.39 is 0 Å². The first-order valence-electron chi connectivity index (χ1n) is 5.76. The standard InChI is InChI=1S/C12H14N2O3/c1-14-5-2-3-8(12(14)16)13-11(15)9-7-4-6-17-10(7)9/h2-3,5,7,9-10H,4,6H2,1H3,(H,13,15)/t7-,9-,10-/m1/s1. The Bertz CT molecular complexity index is 513. The number of anilines is 1. The van der Waals surface area contributed by atoms with E-state index in [0.717, 1.165) is 13.0 Å². The van der Waals surface area contributed by atoms with Crippen molar-refractivity contribution in [3.8, 4) is 0 Å². The molecule has 1 saturated carbocycles. The van der Waals surface area contributed by atoms with Crippen molar-refractivity contribution in [1.82, 2.24) is 4.57 Å². The Balaban J connectivity index is 1.73. The minimum absolute atomic E-state index is 0.0614. The zero-order valence-electron chi connectivity index (χ0n) is 9.55. The summed E-state index contributed by atoms with van der Waals surface area (Å²) in [5.41, 5.74) is 0.151. The summed E-state index contributed by atoms with van der Waals surface area (Å²) in [6, 6.07) is 3.36. The van der Waals surface area contributed by atoms with Crippen LogP contribution >= 0.6 is 0 Å². The quantitative estimate of drug-likeness (QED) is 0.803. The molecule has 2 fully saturated rings. The molecule has 0 aromatic carbocycles. The Morgan fingerprint density at radius 2 is 2.41 bits per heavy atom. The molecular weight excluding hydrogens is 220 g/mol. The lowest BCUT2D eigenvalue weighted by Crippen LogP contribution is -2.26. The molecule has 2 heterocycles. The van der Waals surface area contributed by atoms with Crippen LogP contribution in [-0.2, 0) is 16.6 Å². The van der Waals surface area contributed by atoms with Gasteiger partial charge in [0, 0.05) is 25.8 Å². The molecule has 1 saturated heterocycles. The first kappa shape index (κ1) is 10.5. The second kappa shape index (κ2) is 3.70. The molecule has 0 spiro atoms. The Morgan fingerprint density at radius 3 is 3.12 bits per heavy atom. The van der Waals surface area contributed by atoms with Gasteiger partial charge in [-0.3, -0.25) is 9.59 Å². The summed E-state index contributed by atoms with van der Waals surface area (Å²) in [4.78, 5) is 23.6. The number of aromatic nitrogens is 1. The van der Waals surface area contributed by atoms with E-state index in [4.69, 9.17) is 4.74 Å². The van der Waals surface area contributed by atoms with E-state index in [0.29, 0.717) is 11.6 Å². The van der Waals surface area contributed by atoms with Crippen molar-refractivity contribution in [2.24, 2.45) is 18.9 Å². The molecule has 3 rings (SSSR count). The SMILES string of the molecule is Cn1cccc(NC(=O)[C@@H]2[C@H]3CCO[C@H]32)c1=O. The molecule has 1 aromatic heterocycles. The van der Waals surface area contributed by atoms with Crippen molar-refractivity contribution in [3.63, 3.8) is 0 Å². The fourth-order valence-electron chi connectivity index (χ4n) is 2.51. The number of carbonyl (C=O) groups excluding carboxylic acids is 1. The van der Waals surface area contributed by atoms with Crippen molar-refractivity contribution in [2.45, 2.75) is 12.5 Å². The van der Waals surface area contributed by atoms with Crippen LogP contribution in [0.2, 0.25) is 0 Å². The lowest BCUT2D eigenvalue weighted by atomic mass is 10.2. The monoisotopic (exact) mass is 234 g/mol. The van der Waals surface area contributed by atoms with E-state index in [1.165, 1.54) is 4.57 Å². The first-order chi connectivity index (χ1) is 8.18. The predicted octanol–water partition coefficient (Wildman–Crippen LogP) is 0.359. The summed E-state index contributed by atoms with van der Waals surface area (Å²) in [5, 5.41) is 2.69. The molecule has 0 unspecified atom stereocenters. The molecule has 0 bridgehead atoms. The summed E-state index contributed by atoms with van der Waals surface area (Å²) in [5.74, 6) is 0.208. The van der Waals surface area contributed by atoms with Crippen LogP contribution in [0.5, 0.6) is 0 Å². The van der Waals surface area contributed by atoms with Gasteiger partial charge in [-0.2, -0.15) is 0 Å². The van der Waals surface area contributed by atoms with Gasteiger partial charge in [0.15, 0.2) is 0 Å². The van der Waals surface area contributed by atoms with Crippen molar-refractivity contribution in [2.75, 3.05) is 11.9 Å². The van der Waals surface area contributed by atoms with Crippen LogP contribution in [0, 0.1) is 11.8 Å². The lowest BCUT2D eigenvalue weighted by molar-refractivity contribution is -0.118. The van der Waals surface area contributed by atoms with Crippen LogP contribution in [0.15, 0.2) is 23.1 Å². The molecule has 1 aliphatic heterocycles. The van der Waals surface area contributed by atoms with E-state index in [9.17, 15) is 9.59 Å². The molecule has 1 N–H and O–H groups in total. The Morgan fingerprint density at radius 1 is 1.59 bits per heavy atom. The second-order valence-corrected chi connectivity index (χ2v) is 4.64. The fraction of sp³-hybridized carbons (Fsp3) is 0.500. The number of pyridine rings is 1. The van der Waals surface area contributed by atoms with Gasteiger partial charge in [0.05, 0.1) is 12.0 Å². The average Bonchev–Trinajstić information content (AvgIpc) is 2.79. The minimum Gasteiger partial charge on any atom is -0.377 e. The number of hydrogen-bond donors (Lipinski definition) is 1. The fourth-order valence-corrected chi connectivity index (χ4v) is 2.51. The maximum absolute atomic E-state index is 11.9. The van der Waals surface area contributed by atoms with Gasteiger partial charge in [-0.15, -0.1) is 0 Å². The van der Waals surface area contributed by atoms with Crippen LogP contribution in [0.1, 0.15) is 6.42 Å². The van der Waals surface area contributed by atoms with Gasteiger partial charge >= 0.3 is 0 Å². The van der Waals surface area contributed by atoms with E-state index in [1.807, 2.05) is 0 Å². The average molecular weight is 234 g/mol. The molecule has 17 heavy (non-hydrogen) atoms. The summed E-state index contributed by atoms with van der Waals surface area (Å²) in [6.07, 6.45) is 2.70. The molecule has 90 valence electrons. The number of ether oxygens (including phenoxy) is 1. The van der Waals surface area contributed by atoms with Crippen LogP contribution in [-0.4, -0.2) is 23.2 Å². The van der Waals surface area contributed by atoms with Gasteiger partial charge in [0.1, 0.15) is 5.69 Å². The van der Waals surface area contributed by atoms with Gasteiger partial charge < -0.3 is 14.6 Å². The molecular formula is C12H14N2O3. The number of nitrogens with one attached hydrogen (secondary N) is 1. The zero-order valence-corrected chi connectivity index (χ0v) is 9.55. The normalized spacial score (nSPS) is 29.8. The molecule has 1 aliphatic carbocycles. The smallest absolute Gasteiger partial charge is 0.274 e. The maximum atomic E-state index is 11.9. The van der Waals surface area contributed by atoms with E-state index in [-0.39, 0.29) is 23.5 Å². The number of amides is 1. The van der Waals surface area contributed by atoms with Gasteiger partial charge in [-0.05, 0) is 18.6 Å². The van der Waals surface area contributed by atoms with Gasteiger partial charge in [0.2, 0.25) is 5.91 Å². The summed E-state index contributed by atoms with van der Waals surface area (Å²) in [7, 11) is 1.66. The van der Waals surface area contributed by atoms with Gasteiger partial charge in [-0.1, -0.05) is 0 Å². The molecule has 5 heteroatoms. The van der Waals surface area contributed by atoms with Gasteiger partial charge in [-0.25, -0.2) is 0 Å². The maximum Gasteiger partial charge on any atom is 0.274 e. The number of aryl methyl sites for hydroxylation is 1. The third-order valence-corrected chi connectivity index (χ3v) is 3.54. The molecule has 2 aliphatic rings. The van der Waals surface area contributed by atoms with Crippen molar-refractivity contribution in [1.29, 1.82) is 0 Å². The highest BCUT2D eigenvalue weighted by Crippen LogP contribution is 2.49. The van der Waals surface area contributed by atoms with Crippen molar-refractivity contribution < 1.29 is 9.53 Å². The van der Waals surface area contributed by atoms with Crippen LogP contribution in [0.4, 0.5) is 5.69 Å². The number of hydrogen-bond acceptors (Lipinski definition) is 3. The van der Waals surface area contributed by atoms with Crippen LogP contribution < -0.4 is 10.9 Å². The van der Waals surface area contributed by atoms with E-state index in [2.05, 4.69) is 5.32 Å². The molecule has 1 amide bonds. The van der Waals surface area contributed by atoms with Crippen molar-refractivity contribution in [3.05, 3.63) is 28.7 Å². The van der Waals surface area contributed by atoms with E-state index in [1.54, 1.807) is 25.4 Å². The third kappa shape index (κ3) is 1.67. The lowest BCUT2D eigenvalue weighted by Gasteiger charge is -2.07. The zero-order chi connectivity index (χ0) is 12.0. The summed E-state index contributed by atoms with van der Waals surface area (Å²) in [6.45, 7) is 0.756. The molecule has 0 radical (unpaired) electrons. The third-order valence-electron chi connectivity index (χ3n) is 3.54. The number of rotatable bonds is 2. The molecule has 1 aromatic rings. The Hall–Kier alpha value is -1.62. The topological polar surface area (TPSA) is 60.3 Å². The van der Waals surface area contributed by atoms with Crippen molar-refractivity contribution >= 4 is 11.6 Å². The second-order valence-electron chi connectivity index (χ2n) is 4.64. The predicted molar refractivity (Wildman–Crippen MR) is 61.6 cm³/mol. The van der Waals surface area contributed by atoms with Gasteiger partial charge in [0.25, 0.3) is 5.56 Å². The first-order valence-corrected chi connectivity index (χ1v) is 5.76. The highest BCUT2D eigenvalue weighted by molar-refractivity contribution is 5.95. The minimum atomic E-state index is -0.187. The Labute approximate surface area is 98.4 Å². The van der Waals surface area contributed by atoms with E-state index >= 15 is 0 Å². The molecule has 5 nitrogen and oxygen atoms in total. The van der Waals surface area contributed by atoms with Crippen LogP contribution in [0.3, 0.4) is 0 Å². The Kier molecular flexibility index (Phi) is 2.29. The number of carbonyl (C=O) groups is 1. The number of fused-ring (bicyclic) bond motifs is 1. The molecule has 3 atom stereocenters. The summed E-state index contributed by atoms with van der Waals surface area (Å²) >= 11 is 0. The largest absolute Gasteiger partial charge is 0.377 e. The van der Waals surface area contributed by atoms with Crippen LogP contribution in [0.25, 0.3) is 0 Å². The summed E-state index contributed by atoms with van der Waals surface area (Å²) < 4.78 is 6.85. The highest BCUT2D eigenvalue weighted by Gasteiger charge is 2.58.